The molecule has 1 atom stereocenters. The van der Waals surface area contributed by atoms with E-state index in [1.807, 2.05) is 0 Å². The monoisotopic (exact) mass is 255 g/mol. The van der Waals surface area contributed by atoms with E-state index >= 15 is 0 Å². The zero-order chi connectivity index (χ0) is 13.6. The summed E-state index contributed by atoms with van der Waals surface area (Å²) >= 11 is 0. The van der Waals surface area contributed by atoms with Gasteiger partial charge in [0, 0.05) is 12.6 Å². The van der Waals surface area contributed by atoms with Crippen molar-refractivity contribution in [2.75, 3.05) is 26.2 Å². The highest BCUT2D eigenvalue weighted by atomic mass is 16.5. The number of ether oxygens (including phenoxy) is 1. The molecule has 1 aliphatic heterocycles. The van der Waals surface area contributed by atoms with Crippen LogP contribution in [0, 0.1) is 0 Å². The third-order valence-corrected chi connectivity index (χ3v) is 3.45. The minimum absolute atomic E-state index is 0.358. The molecule has 0 radical (unpaired) electrons. The normalized spacial score (nSPS) is 21.4. The number of β-amino-alcohol motifs (C(OH)–C–C–N with tert-alkyl or cyclic N) is 1. The average Bonchev–Trinajstić information content (AvgIpc) is 2.29. The molecule has 0 amide bonds. The van der Waals surface area contributed by atoms with Gasteiger partial charge in [-0.15, -0.1) is 0 Å². The van der Waals surface area contributed by atoms with Crippen LogP contribution in [0.1, 0.15) is 40.0 Å². The van der Waals surface area contributed by atoms with Crippen molar-refractivity contribution >= 4 is 5.97 Å². The lowest BCUT2D eigenvalue weighted by Crippen LogP contribution is -2.44. The fraction of sp³-hybridized carbons (Fsp3) is 0.786. The molecule has 1 N–H and O–H groups in total. The molecule has 0 aromatic carbocycles. The molecular formula is C14H25NO3. The van der Waals surface area contributed by atoms with Gasteiger partial charge in [0.1, 0.15) is 0 Å². The van der Waals surface area contributed by atoms with Crippen LogP contribution >= 0.6 is 0 Å². The molecule has 4 heteroatoms. The van der Waals surface area contributed by atoms with Crippen molar-refractivity contribution in [3.63, 3.8) is 0 Å². The van der Waals surface area contributed by atoms with E-state index in [2.05, 4.69) is 4.90 Å². The number of aliphatic hydroxyl groups is 1. The Hall–Kier alpha value is -0.870. The summed E-state index contributed by atoms with van der Waals surface area (Å²) in [6.45, 7) is 8.30. The van der Waals surface area contributed by atoms with Crippen molar-refractivity contribution in [1.29, 1.82) is 0 Å². The van der Waals surface area contributed by atoms with Gasteiger partial charge in [0.05, 0.1) is 12.2 Å². The summed E-state index contributed by atoms with van der Waals surface area (Å²) in [6.07, 6.45) is 5.05. The number of nitrogens with zero attached hydrogens (tertiary/aromatic N) is 1. The number of rotatable bonds is 5. The predicted molar refractivity (Wildman–Crippen MR) is 71.3 cm³/mol. The van der Waals surface area contributed by atoms with E-state index in [1.54, 1.807) is 20.8 Å². The summed E-state index contributed by atoms with van der Waals surface area (Å²) in [7, 11) is 0. The molecule has 1 unspecified atom stereocenters. The Bertz CT molecular complexity index is 304. The van der Waals surface area contributed by atoms with Crippen LogP contribution in [0.5, 0.6) is 0 Å². The Labute approximate surface area is 110 Å². The maximum Gasteiger partial charge on any atom is 0.330 e. The highest BCUT2D eigenvalue weighted by Crippen LogP contribution is 2.20. The quantitative estimate of drug-likeness (QED) is 0.600. The van der Waals surface area contributed by atoms with E-state index in [4.69, 9.17) is 4.74 Å². The molecule has 1 saturated heterocycles. The summed E-state index contributed by atoms with van der Waals surface area (Å²) in [5.41, 5.74) is -0.309. The summed E-state index contributed by atoms with van der Waals surface area (Å²) in [5.74, 6) is -0.381. The van der Waals surface area contributed by atoms with Crippen LogP contribution in [0.25, 0.3) is 0 Å². The zero-order valence-electron chi connectivity index (χ0n) is 11.7. The molecule has 0 bridgehead atoms. The van der Waals surface area contributed by atoms with Crippen molar-refractivity contribution in [3.8, 4) is 0 Å². The second-order valence-corrected chi connectivity index (χ2v) is 5.19. The molecule has 0 aromatic heterocycles. The smallest absolute Gasteiger partial charge is 0.330 e. The van der Waals surface area contributed by atoms with Gasteiger partial charge in [0.15, 0.2) is 0 Å². The van der Waals surface area contributed by atoms with E-state index in [1.165, 1.54) is 25.3 Å². The molecule has 0 saturated carbocycles. The number of hydrogen-bond acceptors (Lipinski definition) is 4. The van der Waals surface area contributed by atoms with Gasteiger partial charge in [-0.3, -0.25) is 0 Å². The van der Waals surface area contributed by atoms with Gasteiger partial charge in [-0.05, 0) is 52.3 Å². The second-order valence-electron chi connectivity index (χ2n) is 5.19. The topological polar surface area (TPSA) is 49.8 Å². The molecule has 1 fully saturated rings. The summed E-state index contributed by atoms with van der Waals surface area (Å²) in [6, 6.07) is 0. The lowest BCUT2D eigenvalue weighted by molar-refractivity contribution is -0.137. The van der Waals surface area contributed by atoms with E-state index in [0.29, 0.717) is 18.7 Å². The molecule has 0 aromatic rings. The minimum atomic E-state index is -0.968. The summed E-state index contributed by atoms with van der Waals surface area (Å²) < 4.78 is 4.86. The standard InChI is InChI=1S/C14H25NO3/c1-4-18-13(16)10-12(2)14(3,17)11-15-8-6-5-7-9-15/h10,17H,4-9,11H2,1-3H3. The van der Waals surface area contributed by atoms with Gasteiger partial charge >= 0.3 is 5.97 Å². The average molecular weight is 255 g/mol. The van der Waals surface area contributed by atoms with Crippen molar-refractivity contribution < 1.29 is 14.6 Å². The fourth-order valence-corrected chi connectivity index (χ4v) is 2.19. The van der Waals surface area contributed by atoms with Gasteiger partial charge in [-0.1, -0.05) is 6.42 Å². The maximum atomic E-state index is 11.4. The van der Waals surface area contributed by atoms with Crippen molar-refractivity contribution in [2.45, 2.75) is 45.6 Å². The van der Waals surface area contributed by atoms with Crippen molar-refractivity contribution in [2.24, 2.45) is 0 Å². The first-order valence-electron chi connectivity index (χ1n) is 6.76. The lowest BCUT2D eigenvalue weighted by Gasteiger charge is -2.34. The predicted octanol–water partition coefficient (Wildman–Crippen LogP) is 1.73. The minimum Gasteiger partial charge on any atom is -0.463 e. The van der Waals surface area contributed by atoms with Crippen LogP contribution in [0.15, 0.2) is 11.6 Å². The van der Waals surface area contributed by atoms with E-state index in [0.717, 1.165) is 13.1 Å². The van der Waals surface area contributed by atoms with Gasteiger partial charge < -0.3 is 14.7 Å². The van der Waals surface area contributed by atoms with E-state index in [-0.39, 0.29) is 5.97 Å². The number of likely N-dealkylation sites (tertiary alicyclic amines) is 1. The number of piperidine rings is 1. The first-order chi connectivity index (χ1) is 8.45. The van der Waals surface area contributed by atoms with Crippen LogP contribution in [0.3, 0.4) is 0 Å². The molecule has 4 nitrogen and oxygen atoms in total. The number of carbonyl (C=O) groups excluding carboxylic acids is 1. The Morgan fingerprint density at radius 1 is 1.39 bits per heavy atom. The van der Waals surface area contributed by atoms with Crippen molar-refractivity contribution in [1.82, 2.24) is 4.90 Å². The van der Waals surface area contributed by atoms with Crippen LogP contribution < -0.4 is 0 Å². The Morgan fingerprint density at radius 2 is 2.00 bits per heavy atom. The molecule has 1 heterocycles. The summed E-state index contributed by atoms with van der Waals surface area (Å²) in [5, 5.41) is 10.4. The summed E-state index contributed by atoms with van der Waals surface area (Å²) in [4.78, 5) is 13.6. The Morgan fingerprint density at radius 3 is 2.56 bits per heavy atom. The largest absolute Gasteiger partial charge is 0.463 e. The van der Waals surface area contributed by atoms with E-state index < -0.39 is 5.60 Å². The Balaban J connectivity index is 2.57. The van der Waals surface area contributed by atoms with Crippen LogP contribution in [-0.4, -0.2) is 47.8 Å². The van der Waals surface area contributed by atoms with Gasteiger partial charge in [-0.25, -0.2) is 4.79 Å². The fourth-order valence-electron chi connectivity index (χ4n) is 2.19. The third kappa shape index (κ3) is 4.78. The van der Waals surface area contributed by atoms with Gasteiger partial charge in [-0.2, -0.15) is 0 Å². The highest BCUT2D eigenvalue weighted by Gasteiger charge is 2.27. The number of hydrogen-bond donors (Lipinski definition) is 1. The number of carbonyl (C=O) groups is 1. The first-order valence-corrected chi connectivity index (χ1v) is 6.76. The van der Waals surface area contributed by atoms with Gasteiger partial charge in [0.2, 0.25) is 0 Å². The lowest BCUT2D eigenvalue weighted by atomic mass is 9.95. The SMILES string of the molecule is CCOC(=O)C=C(C)C(C)(O)CN1CCCCC1. The van der Waals surface area contributed by atoms with Crippen LogP contribution in [0.4, 0.5) is 0 Å². The van der Waals surface area contributed by atoms with Crippen molar-refractivity contribution in [3.05, 3.63) is 11.6 Å². The molecular weight excluding hydrogens is 230 g/mol. The zero-order valence-corrected chi connectivity index (χ0v) is 11.7. The molecule has 0 spiro atoms. The van der Waals surface area contributed by atoms with Crippen LogP contribution in [0.2, 0.25) is 0 Å². The highest BCUT2D eigenvalue weighted by molar-refractivity contribution is 5.83. The molecule has 0 aliphatic carbocycles. The molecule has 18 heavy (non-hydrogen) atoms. The molecule has 1 aliphatic rings. The molecule has 1 rings (SSSR count). The third-order valence-electron chi connectivity index (χ3n) is 3.45. The Kier molecular flexibility index (Phi) is 5.82. The first kappa shape index (κ1) is 15.2. The van der Waals surface area contributed by atoms with E-state index in [9.17, 15) is 9.90 Å². The maximum absolute atomic E-state index is 11.4. The number of esters is 1. The molecule has 104 valence electrons. The van der Waals surface area contributed by atoms with Gasteiger partial charge in [0.25, 0.3) is 0 Å². The second kappa shape index (κ2) is 6.90. The van der Waals surface area contributed by atoms with Crippen LogP contribution in [-0.2, 0) is 9.53 Å².